The SMILES string of the molecule is COc1ccc(C)cc1N(CC(=O)N(Cc1cccc(Cl)c1)C(Cc1ccccc1)C(=O)NC(C)(C)C)S(C)(=O)=O. The summed E-state index contributed by atoms with van der Waals surface area (Å²) >= 11 is 6.26. The Labute approximate surface area is 248 Å². The number of ether oxygens (including phenoxy) is 1. The number of nitrogens with one attached hydrogen (secondary N) is 1. The van der Waals surface area contributed by atoms with Crippen molar-refractivity contribution in [3.63, 3.8) is 0 Å². The van der Waals surface area contributed by atoms with Crippen LogP contribution in [0.4, 0.5) is 5.69 Å². The quantitative estimate of drug-likeness (QED) is 0.335. The summed E-state index contributed by atoms with van der Waals surface area (Å²) in [4.78, 5) is 29.4. The van der Waals surface area contributed by atoms with Gasteiger partial charge in [-0.15, -0.1) is 0 Å². The number of carbonyl (C=O) groups excluding carboxylic acids is 2. The lowest BCUT2D eigenvalue weighted by Gasteiger charge is -2.35. The monoisotopic (exact) mass is 599 g/mol. The minimum atomic E-state index is -3.92. The first kappa shape index (κ1) is 32.0. The van der Waals surface area contributed by atoms with Crippen LogP contribution in [-0.2, 0) is 32.6 Å². The van der Waals surface area contributed by atoms with E-state index in [0.717, 1.165) is 21.7 Å². The van der Waals surface area contributed by atoms with E-state index in [0.29, 0.717) is 16.3 Å². The van der Waals surface area contributed by atoms with Crippen LogP contribution in [0.1, 0.15) is 37.5 Å². The lowest BCUT2D eigenvalue weighted by molar-refractivity contribution is -0.140. The van der Waals surface area contributed by atoms with Gasteiger partial charge in [0.1, 0.15) is 18.3 Å². The van der Waals surface area contributed by atoms with Gasteiger partial charge in [0.25, 0.3) is 0 Å². The Balaban J connectivity index is 2.12. The van der Waals surface area contributed by atoms with Crippen LogP contribution >= 0.6 is 11.6 Å². The van der Waals surface area contributed by atoms with Crippen LogP contribution in [-0.4, -0.2) is 56.6 Å². The molecule has 8 nitrogen and oxygen atoms in total. The predicted molar refractivity (Wildman–Crippen MR) is 164 cm³/mol. The molecule has 0 radical (unpaired) electrons. The van der Waals surface area contributed by atoms with Gasteiger partial charge in [0.2, 0.25) is 21.8 Å². The first-order chi connectivity index (χ1) is 19.2. The smallest absolute Gasteiger partial charge is 0.244 e. The van der Waals surface area contributed by atoms with E-state index in [9.17, 15) is 18.0 Å². The Hall–Kier alpha value is -3.56. The number of nitrogens with zero attached hydrogens (tertiary/aromatic N) is 2. The first-order valence-electron chi connectivity index (χ1n) is 13.2. The highest BCUT2D eigenvalue weighted by Gasteiger charge is 2.35. The van der Waals surface area contributed by atoms with Crippen LogP contribution in [0.15, 0.2) is 72.8 Å². The Kier molecular flexibility index (Phi) is 10.4. The highest BCUT2D eigenvalue weighted by Crippen LogP contribution is 2.31. The highest BCUT2D eigenvalue weighted by atomic mass is 35.5. The van der Waals surface area contributed by atoms with Gasteiger partial charge in [-0.3, -0.25) is 13.9 Å². The lowest BCUT2D eigenvalue weighted by atomic mass is 10.0. The molecule has 0 saturated carbocycles. The molecule has 0 spiro atoms. The van der Waals surface area contributed by atoms with Crippen LogP contribution in [0.3, 0.4) is 0 Å². The van der Waals surface area contributed by atoms with Crippen LogP contribution in [0.25, 0.3) is 0 Å². The van der Waals surface area contributed by atoms with Gasteiger partial charge in [0.05, 0.1) is 19.1 Å². The minimum Gasteiger partial charge on any atom is -0.495 e. The molecular weight excluding hydrogens is 562 g/mol. The van der Waals surface area contributed by atoms with Crippen molar-refractivity contribution in [3.05, 3.63) is 94.5 Å². The molecule has 0 aliphatic rings. The zero-order valence-corrected chi connectivity index (χ0v) is 25.9. The molecule has 1 atom stereocenters. The molecule has 220 valence electrons. The fourth-order valence-corrected chi connectivity index (χ4v) is 5.49. The summed E-state index contributed by atoms with van der Waals surface area (Å²) in [7, 11) is -2.49. The van der Waals surface area contributed by atoms with Crippen molar-refractivity contribution in [2.75, 3.05) is 24.2 Å². The van der Waals surface area contributed by atoms with Crippen molar-refractivity contribution < 1.29 is 22.7 Å². The molecule has 1 unspecified atom stereocenters. The van der Waals surface area contributed by atoms with E-state index in [2.05, 4.69) is 5.32 Å². The van der Waals surface area contributed by atoms with Crippen LogP contribution in [0, 0.1) is 6.92 Å². The molecule has 3 rings (SSSR count). The first-order valence-corrected chi connectivity index (χ1v) is 15.4. The molecule has 0 aliphatic heterocycles. The predicted octanol–water partition coefficient (Wildman–Crippen LogP) is 4.98. The summed E-state index contributed by atoms with van der Waals surface area (Å²) < 4.78 is 32.6. The Morgan fingerprint density at radius 2 is 1.63 bits per heavy atom. The lowest BCUT2D eigenvalue weighted by Crippen LogP contribution is -2.56. The van der Waals surface area contributed by atoms with E-state index in [4.69, 9.17) is 16.3 Å². The zero-order chi connectivity index (χ0) is 30.4. The number of hydrogen-bond donors (Lipinski definition) is 1. The summed E-state index contributed by atoms with van der Waals surface area (Å²) in [6, 6.07) is 20.6. The number of methoxy groups -OCH3 is 1. The molecule has 3 aromatic carbocycles. The van der Waals surface area contributed by atoms with Crippen molar-refractivity contribution >= 4 is 39.1 Å². The van der Waals surface area contributed by atoms with Crippen molar-refractivity contribution in [2.45, 2.75) is 52.2 Å². The maximum absolute atomic E-state index is 14.2. The number of sulfonamides is 1. The molecule has 0 fully saturated rings. The molecule has 0 aromatic heterocycles. The van der Waals surface area contributed by atoms with E-state index in [-0.39, 0.29) is 24.6 Å². The maximum Gasteiger partial charge on any atom is 0.244 e. The van der Waals surface area contributed by atoms with Crippen molar-refractivity contribution in [1.29, 1.82) is 0 Å². The number of benzene rings is 3. The van der Waals surface area contributed by atoms with E-state index in [1.54, 1.807) is 36.4 Å². The van der Waals surface area contributed by atoms with Gasteiger partial charge < -0.3 is 15.0 Å². The van der Waals surface area contributed by atoms with Gasteiger partial charge >= 0.3 is 0 Å². The number of hydrogen-bond acceptors (Lipinski definition) is 5. The van der Waals surface area contributed by atoms with Crippen LogP contribution in [0.5, 0.6) is 5.75 Å². The maximum atomic E-state index is 14.2. The topological polar surface area (TPSA) is 96.0 Å². The summed E-state index contributed by atoms with van der Waals surface area (Å²) in [5.74, 6) is -0.596. The number of halogens is 1. The number of rotatable bonds is 11. The summed E-state index contributed by atoms with van der Waals surface area (Å²) in [5.41, 5.74) is 2.02. The van der Waals surface area contributed by atoms with Gasteiger partial charge in [-0.2, -0.15) is 0 Å². The van der Waals surface area contributed by atoms with Gasteiger partial charge in [0.15, 0.2) is 0 Å². The van der Waals surface area contributed by atoms with Crippen molar-refractivity contribution in [2.24, 2.45) is 0 Å². The number of aryl methyl sites for hydroxylation is 1. The molecule has 0 aliphatic carbocycles. The molecule has 0 bridgehead atoms. The van der Waals surface area contributed by atoms with Crippen LogP contribution in [0.2, 0.25) is 5.02 Å². The molecule has 1 N–H and O–H groups in total. The minimum absolute atomic E-state index is 0.0387. The van der Waals surface area contributed by atoms with Crippen LogP contribution < -0.4 is 14.4 Å². The van der Waals surface area contributed by atoms with Crippen molar-refractivity contribution in [3.8, 4) is 5.75 Å². The zero-order valence-electron chi connectivity index (χ0n) is 24.3. The average molecular weight is 600 g/mol. The normalized spacial score (nSPS) is 12.4. The van der Waals surface area contributed by atoms with E-state index >= 15 is 0 Å². The molecule has 3 aromatic rings. The number of carbonyl (C=O) groups is 2. The third-order valence-electron chi connectivity index (χ3n) is 6.29. The molecule has 41 heavy (non-hydrogen) atoms. The van der Waals surface area contributed by atoms with Gasteiger partial charge in [-0.05, 0) is 68.7 Å². The number of anilines is 1. The molecule has 2 amide bonds. The molecule has 0 heterocycles. The molecule has 10 heteroatoms. The molecule has 0 saturated heterocycles. The Bertz CT molecular complexity index is 1470. The third-order valence-corrected chi connectivity index (χ3v) is 7.66. The average Bonchev–Trinajstić information content (AvgIpc) is 2.88. The van der Waals surface area contributed by atoms with E-state index in [1.165, 1.54) is 12.0 Å². The third kappa shape index (κ3) is 9.23. The van der Waals surface area contributed by atoms with E-state index < -0.39 is 34.1 Å². The Morgan fingerprint density at radius 3 is 2.22 bits per heavy atom. The van der Waals surface area contributed by atoms with Gasteiger partial charge in [0, 0.05) is 23.5 Å². The van der Waals surface area contributed by atoms with E-state index in [1.807, 2.05) is 64.1 Å². The van der Waals surface area contributed by atoms with Gasteiger partial charge in [-0.25, -0.2) is 8.42 Å². The summed E-state index contributed by atoms with van der Waals surface area (Å²) in [6.07, 6.45) is 1.26. The van der Waals surface area contributed by atoms with Gasteiger partial charge in [-0.1, -0.05) is 60.1 Å². The highest BCUT2D eigenvalue weighted by molar-refractivity contribution is 7.92. The largest absolute Gasteiger partial charge is 0.495 e. The summed E-state index contributed by atoms with van der Waals surface area (Å²) in [5, 5.41) is 3.48. The second-order valence-corrected chi connectivity index (χ2v) is 13.4. The fraction of sp³-hybridized carbons (Fsp3) is 0.355. The van der Waals surface area contributed by atoms with Crippen molar-refractivity contribution in [1.82, 2.24) is 10.2 Å². The standard InChI is InChI=1S/C31H38ClN3O5S/c1-22-15-16-28(40-5)26(17-22)35(41(6,38)39)21-29(36)34(20-24-13-10-14-25(32)18-24)27(30(37)33-31(2,3)4)19-23-11-8-7-9-12-23/h7-18,27H,19-21H2,1-6H3,(H,33,37). The second-order valence-electron chi connectivity index (χ2n) is 11.0. The fourth-order valence-electron chi connectivity index (χ4n) is 4.43. The second kappa shape index (κ2) is 13.4. The summed E-state index contributed by atoms with van der Waals surface area (Å²) in [6.45, 7) is 6.92. The molecular formula is C31H38ClN3O5S. The number of amides is 2. The Morgan fingerprint density at radius 1 is 0.976 bits per heavy atom.